The minimum Gasteiger partial charge on any atom is -0.313 e. The first kappa shape index (κ1) is 14.5. The van der Waals surface area contributed by atoms with E-state index in [9.17, 15) is 8.42 Å². The van der Waals surface area contributed by atoms with E-state index >= 15 is 0 Å². The Morgan fingerprint density at radius 2 is 2.21 bits per heavy atom. The van der Waals surface area contributed by atoms with Crippen molar-refractivity contribution in [3.8, 4) is 0 Å². The second-order valence-electron chi connectivity index (χ2n) is 5.42. The number of sulfonamides is 1. The number of nitrogens with zero attached hydrogens (tertiary/aromatic N) is 1. The van der Waals surface area contributed by atoms with Crippen molar-refractivity contribution in [3.05, 3.63) is 11.8 Å². The molecule has 0 atom stereocenters. The molecular weight excluding hydrogens is 264 g/mol. The molecule has 1 saturated carbocycles. The third kappa shape index (κ3) is 3.34. The van der Waals surface area contributed by atoms with Crippen LogP contribution in [0.25, 0.3) is 0 Å². The van der Waals surface area contributed by atoms with Gasteiger partial charge in [-0.3, -0.25) is 5.10 Å². The fraction of sp³-hybridized carbons (Fsp3) is 0.750. The van der Waals surface area contributed by atoms with Crippen LogP contribution in [0.2, 0.25) is 0 Å². The molecule has 0 unspecified atom stereocenters. The third-order valence-electron chi connectivity index (χ3n) is 3.53. The Labute approximate surface area is 114 Å². The molecule has 0 amide bonds. The average molecular weight is 286 g/mol. The molecule has 1 fully saturated rings. The van der Waals surface area contributed by atoms with Gasteiger partial charge in [-0.05, 0) is 39.2 Å². The summed E-state index contributed by atoms with van der Waals surface area (Å²) in [6, 6.07) is 0. The fourth-order valence-corrected chi connectivity index (χ4v) is 3.84. The van der Waals surface area contributed by atoms with Crippen LogP contribution in [0.5, 0.6) is 0 Å². The van der Waals surface area contributed by atoms with Crippen LogP contribution in [0.4, 0.5) is 0 Å². The van der Waals surface area contributed by atoms with Gasteiger partial charge in [-0.2, -0.15) is 5.10 Å². The van der Waals surface area contributed by atoms with E-state index in [-0.39, 0.29) is 10.6 Å². The van der Waals surface area contributed by atoms with Gasteiger partial charge in [0, 0.05) is 17.6 Å². The summed E-state index contributed by atoms with van der Waals surface area (Å²) in [6.45, 7) is 5.38. The van der Waals surface area contributed by atoms with Crippen LogP contribution in [-0.2, 0) is 16.6 Å². The van der Waals surface area contributed by atoms with Gasteiger partial charge in [0.15, 0.2) is 5.03 Å². The van der Waals surface area contributed by atoms with Crippen LogP contribution in [0.3, 0.4) is 0 Å². The molecule has 2 rings (SSSR count). The van der Waals surface area contributed by atoms with Gasteiger partial charge in [0.2, 0.25) is 0 Å². The Morgan fingerprint density at radius 1 is 1.47 bits per heavy atom. The normalized spacial score (nSPS) is 18.2. The fourth-order valence-electron chi connectivity index (χ4n) is 2.24. The molecule has 0 radical (unpaired) electrons. The zero-order valence-electron chi connectivity index (χ0n) is 11.5. The van der Waals surface area contributed by atoms with Gasteiger partial charge in [-0.25, -0.2) is 13.1 Å². The number of nitrogens with one attached hydrogen (secondary N) is 3. The molecule has 1 heterocycles. The number of aromatic nitrogens is 2. The molecule has 108 valence electrons. The number of aromatic amines is 1. The van der Waals surface area contributed by atoms with Crippen LogP contribution in [-0.4, -0.2) is 30.7 Å². The Balaban J connectivity index is 2.09. The number of hydrogen-bond donors (Lipinski definition) is 3. The molecule has 0 aliphatic heterocycles. The number of hydrogen-bond acceptors (Lipinski definition) is 4. The van der Waals surface area contributed by atoms with Crippen LogP contribution in [0.1, 0.15) is 45.1 Å². The van der Waals surface area contributed by atoms with Crippen LogP contribution in [0.15, 0.2) is 11.2 Å². The zero-order chi connectivity index (χ0) is 13.9. The van der Waals surface area contributed by atoms with Crippen molar-refractivity contribution >= 4 is 10.0 Å². The summed E-state index contributed by atoms with van der Waals surface area (Å²) in [5.41, 5.74) is 0.391. The van der Waals surface area contributed by atoms with Gasteiger partial charge < -0.3 is 5.32 Å². The van der Waals surface area contributed by atoms with Gasteiger partial charge in [-0.15, -0.1) is 0 Å². The second-order valence-corrected chi connectivity index (χ2v) is 7.04. The average Bonchev–Trinajstić information content (AvgIpc) is 2.76. The van der Waals surface area contributed by atoms with Crippen molar-refractivity contribution in [3.63, 3.8) is 0 Å². The minimum atomic E-state index is -3.51. The van der Waals surface area contributed by atoms with E-state index in [2.05, 4.69) is 27.2 Å². The monoisotopic (exact) mass is 286 g/mol. The smallest absolute Gasteiger partial charge is 0.258 e. The predicted molar refractivity (Wildman–Crippen MR) is 73.2 cm³/mol. The molecule has 0 bridgehead atoms. The molecule has 3 N–H and O–H groups in total. The number of rotatable bonds is 7. The van der Waals surface area contributed by atoms with Crippen LogP contribution in [0, 0.1) is 0 Å². The highest BCUT2D eigenvalue weighted by atomic mass is 32.2. The van der Waals surface area contributed by atoms with Crippen LogP contribution >= 0.6 is 0 Å². The SMILES string of the molecule is CCCNCc1cn[nH]c1S(=O)(=O)NC1(C)CCC1. The highest BCUT2D eigenvalue weighted by Gasteiger charge is 2.37. The largest absolute Gasteiger partial charge is 0.313 e. The second kappa shape index (κ2) is 5.60. The summed E-state index contributed by atoms with van der Waals surface area (Å²) >= 11 is 0. The molecule has 1 aromatic rings. The molecule has 1 aliphatic rings. The van der Waals surface area contributed by atoms with E-state index in [1.807, 2.05) is 6.92 Å². The van der Waals surface area contributed by atoms with E-state index in [1.54, 1.807) is 6.20 Å². The summed E-state index contributed by atoms with van der Waals surface area (Å²) in [7, 11) is -3.51. The first-order valence-electron chi connectivity index (χ1n) is 6.74. The lowest BCUT2D eigenvalue weighted by atomic mass is 9.80. The standard InChI is InChI=1S/C12H22N4O2S/c1-3-7-13-8-10-9-14-15-11(10)19(17,18)16-12(2)5-4-6-12/h9,13,16H,3-8H2,1-2H3,(H,14,15). The van der Waals surface area contributed by atoms with E-state index in [0.717, 1.165) is 32.2 Å². The van der Waals surface area contributed by atoms with Crippen molar-refractivity contribution in [1.82, 2.24) is 20.2 Å². The van der Waals surface area contributed by atoms with E-state index in [4.69, 9.17) is 0 Å². The Bertz CT molecular complexity index is 520. The molecule has 6 nitrogen and oxygen atoms in total. The highest BCUT2D eigenvalue weighted by Crippen LogP contribution is 2.32. The topological polar surface area (TPSA) is 86.9 Å². The maximum absolute atomic E-state index is 12.3. The zero-order valence-corrected chi connectivity index (χ0v) is 12.3. The summed E-state index contributed by atoms with van der Waals surface area (Å²) in [4.78, 5) is 0. The van der Waals surface area contributed by atoms with Gasteiger partial charge in [0.1, 0.15) is 0 Å². The number of H-pyrrole nitrogens is 1. The maximum Gasteiger partial charge on any atom is 0.258 e. The van der Waals surface area contributed by atoms with E-state index in [0.29, 0.717) is 12.1 Å². The Kier molecular flexibility index (Phi) is 4.27. The molecule has 1 aliphatic carbocycles. The highest BCUT2D eigenvalue weighted by molar-refractivity contribution is 7.89. The maximum atomic E-state index is 12.3. The van der Waals surface area contributed by atoms with Gasteiger partial charge in [0.25, 0.3) is 10.0 Å². The van der Waals surface area contributed by atoms with Crippen molar-refractivity contribution in [2.24, 2.45) is 0 Å². The van der Waals surface area contributed by atoms with E-state index in [1.165, 1.54) is 0 Å². The molecule has 0 spiro atoms. The molecule has 0 aromatic carbocycles. The predicted octanol–water partition coefficient (Wildman–Crippen LogP) is 1.13. The van der Waals surface area contributed by atoms with Crippen molar-refractivity contribution in [1.29, 1.82) is 0 Å². The van der Waals surface area contributed by atoms with Gasteiger partial charge >= 0.3 is 0 Å². The quantitative estimate of drug-likeness (QED) is 0.656. The van der Waals surface area contributed by atoms with Gasteiger partial charge in [-0.1, -0.05) is 6.92 Å². The van der Waals surface area contributed by atoms with Crippen LogP contribution < -0.4 is 10.0 Å². The summed E-state index contributed by atoms with van der Waals surface area (Å²) < 4.78 is 27.5. The summed E-state index contributed by atoms with van der Waals surface area (Å²) in [5, 5.41) is 9.83. The Hall–Kier alpha value is -0.920. The molecule has 19 heavy (non-hydrogen) atoms. The minimum absolute atomic E-state index is 0.184. The molecular formula is C12H22N4O2S. The van der Waals surface area contributed by atoms with Crippen molar-refractivity contribution in [2.75, 3.05) is 6.54 Å². The lowest BCUT2D eigenvalue weighted by molar-refractivity contribution is 0.247. The van der Waals surface area contributed by atoms with E-state index < -0.39 is 10.0 Å². The van der Waals surface area contributed by atoms with Crippen molar-refractivity contribution in [2.45, 2.75) is 56.6 Å². The molecule has 7 heteroatoms. The lowest BCUT2D eigenvalue weighted by Crippen LogP contribution is -2.51. The molecule has 0 saturated heterocycles. The Morgan fingerprint density at radius 3 is 2.79 bits per heavy atom. The summed E-state index contributed by atoms with van der Waals surface area (Å²) in [6.07, 6.45) is 5.44. The first-order valence-corrected chi connectivity index (χ1v) is 8.22. The first-order chi connectivity index (χ1) is 8.97. The lowest BCUT2D eigenvalue weighted by Gasteiger charge is -2.38. The third-order valence-corrected chi connectivity index (χ3v) is 5.18. The van der Waals surface area contributed by atoms with Gasteiger partial charge in [0.05, 0.1) is 6.20 Å². The molecule has 1 aromatic heterocycles. The van der Waals surface area contributed by atoms with Crippen molar-refractivity contribution < 1.29 is 8.42 Å². The summed E-state index contributed by atoms with van der Waals surface area (Å²) in [5.74, 6) is 0.